The average molecular weight is 637 g/mol. The number of esters is 1. The van der Waals surface area contributed by atoms with Crippen molar-refractivity contribution in [1.82, 2.24) is 4.90 Å². The van der Waals surface area contributed by atoms with E-state index in [2.05, 4.69) is 21.2 Å². The lowest BCUT2D eigenvalue weighted by Crippen LogP contribution is -2.37. The largest absolute Gasteiger partial charge is 0.445 e. The number of alkyl halides is 2. The second-order valence-corrected chi connectivity index (χ2v) is 10.0. The monoisotopic (exact) mass is 635 g/mol. The molecule has 0 spiro atoms. The number of carbonyl (C=O) groups is 3. The number of benzene rings is 3. The van der Waals surface area contributed by atoms with E-state index in [1.54, 1.807) is 66.7 Å². The number of hydrogen-bond donors (Lipinski definition) is 2. The van der Waals surface area contributed by atoms with Crippen molar-refractivity contribution in [1.29, 1.82) is 0 Å². The number of nitrogens with two attached hydrogens (primary N) is 1. The third-order valence-electron chi connectivity index (χ3n) is 5.57. The third kappa shape index (κ3) is 9.54. The zero-order valence-electron chi connectivity index (χ0n) is 20.9. The van der Waals surface area contributed by atoms with E-state index in [4.69, 9.17) is 38.4 Å². The van der Waals surface area contributed by atoms with Crippen LogP contribution in [0.4, 0.5) is 10.5 Å². The quantitative estimate of drug-likeness (QED) is 0.152. The van der Waals surface area contributed by atoms with Gasteiger partial charge in [-0.25, -0.2) is 9.59 Å². The molecule has 0 bridgehead atoms. The molecule has 0 saturated carbocycles. The molecule has 0 radical (unpaired) electrons. The number of hydrogen-bond acceptors (Lipinski definition) is 6. The molecule has 11 heteroatoms. The average Bonchev–Trinajstić information content (AvgIpc) is 2.93. The molecule has 3 aromatic rings. The van der Waals surface area contributed by atoms with E-state index in [1.165, 1.54) is 4.90 Å². The van der Waals surface area contributed by atoms with Crippen molar-refractivity contribution in [3.05, 3.63) is 94.0 Å². The summed E-state index contributed by atoms with van der Waals surface area (Å²) in [5.74, 6) is 0.132. The predicted molar refractivity (Wildman–Crippen MR) is 155 cm³/mol. The van der Waals surface area contributed by atoms with Crippen LogP contribution in [0.15, 0.2) is 77.3 Å². The molecule has 0 fully saturated rings. The highest BCUT2D eigenvalue weighted by molar-refractivity contribution is 9.10. The van der Waals surface area contributed by atoms with Crippen LogP contribution in [0.5, 0.6) is 5.75 Å². The van der Waals surface area contributed by atoms with E-state index in [-0.39, 0.29) is 24.3 Å². The molecule has 0 aliphatic rings. The number of carbonyl (C=O) groups excluding carboxylic acids is 3. The summed E-state index contributed by atoms with van der Waals surface area (Å²) in [6, 6.07) is 19.9. The van der Waals surface area contributed by atoms with E-state index in [0.29, 0.717) is 41.0 Å². The lowest BCUT2D eigenvalue weighted by Gasteiger charge is -2.20. The van der Waals surface area contributed by atoms with Gasteiger partial charge >= 0.3 is 12.1 Å². The molecule has 0 saturated heterocycles. The smallest absolute Gasteiger partial charge is 0.410 e. The molecule has 3 rings (SSSR count). The van der Waals surface area contributed by atoms with E-state index in [1.807, 2.05) is 6.07 Å². The van der Waals surface area contributed by atoms with Crippen molar-refractivity contribution in [3.63, 3.8) is 0 Å². The van der Waals surface area contributed by atoms with Crippen molar-refractivity contribution < 1.29 is 23.9 Å². The van der Waals surface area contributed by atoms with Gasteiger partial charge in [0.05, 0.1) is 11.6 Å². The van der Waals surface area contributed by atoms with Crippen LogP contribution in [-0.2, 0) is 22.6 Å². The third-order valence-corrected chi connectivity index (χ3v) is 6.60. The van der Waals surface area contributed by atoms with Crippen molar-refractivity contribution in [2.45, 2.75) is 19.1 Å². The van der Waals surface area contributed by atoms with Crippen molar-refractivity contribution in [3.8, 4) is 5.75 Å². The molecule has 0 unspecified atom stereocenters. The first kappa shape index (κ1) is 30.4. The van der Waals surface area contributed by atoms with Crippen LogP contribution in [0.1, 0.15) is 21.5 Å². The number of nitrogens with one attached hydrogen (secondary N) is 1. The highest BCUT2D eigenvalue weighted by Gasteiger charge is 2.17. The lowest BCUT2D eigenvalue weighted by atomic mass is 10.1. The SMILES string of the molecule is N[C@@H](Cc1ccc(OC(=O)c2ccccc2Br)cc1)C(=O)Nc1ccc(COC(=O)N(CCCl)CCCl)cc1. The summed E-state index contributed by atoms with van der Waals surface area (Å²) in [5, 5.41) is 2.78. The summed E-state index contributed by atoms with van der Waals surface area (Å²) in [6.07, 6.45) is -0.200. The Labute approximate surface area is 245 Å². The molecule has 0 aromatic heterocycles. The molecule has 8 nitrogen and oxygen atoms in total. The summed E-state index contributed by atoms with van der Waals surface area (Å²) in [4.78, 5) is 38.6. The van der Waals surface area contributed by atoms with Gasteiger partial charge in [-0.05, 0) is 69.9 Å². The number of ether oxygens (including phenoxy) is 2. The van der Waals surface area contributed by atoms with Gasteiger partial charge in [0, 0.05) is 35.0 Å². The fraction of sp³-hybridized carbons (Fsp3) is 0.250. The van der Waals surface area contributed by atoms with Crippen LogP contribution >= 0.6 is 39.1 Å². The van der Waals surface area contributed by atoms with Gasteiger partial charge in [-0.3, -0.25) is 4.79 Å². The Balaban J connectivity index is 1.47. The van der Waals surface area contributed by atoms with Gasteiger partial charge in [0.15, 0.2) is 0 Å². The summed E-state index contributed by atoms with van der Waals surface area (Å²) in [6.45, 7) is 0.770. The minimum Gasteiger partial charge on any atom is -0.445 e. The summed E-state index contributed by atoms with van der Waals surface area (Å²) < 4.78 is 11.4. The van der Waals surface area contributed by atoms with E-state index in [9.17, 15) is 14.4 Å². The number of rotatable bonds is 12. The second kappa shape index (κ2) is 15.5. The van der Waals surface area contributed by atoms with Gasteiger partial charge < -0.3 is 25.4 Å². The Bertz CT molecular complexity index is 1250. The Morgan fingerprint density at radius 2 is 1.51 bits per heavy atom. The van der Waals surface area contributed by atoms with E-state index in [0.717, 1.165) is 11.1 Å². The molecule has 0 aliphatic heterocycles. The molecule has 3 aromatic carbocycles. The Kier molecular flexibility index (Phi) is 12.1. The highest BCUT2D eigenvalue weighted by Crippen LogP contribution is 2.20. The van der Waals surface area contributed by atoms with Crippen LogP contribution in [0, 0.1) is 0 Å². The molecular formula is C28H28BrCl2N3O5. The number of anilines is 1. The summed E-state index contributed by atoms with van der Waals surface area (Å²) in [7, 11) is 0. The maximum absolute atomic E-state index is 12.6. The molecule has 206 valence electrons. The van der Waals surface area contributed by atoms with Crippen LogP contribution in [0.25, 0.3) is 0 Å². The van der Waals surface area contributed by atoms with Gasteiger partial charge in [0.1, 0.15) is 12.4 Å². The van der Waals surface area contributed by atoms with E-state index < -0.39 is 18.1 Å². The fourth-order valence-electron chi connectivity index (χ4n) is 3.48. The van der Waals surface area contributed by atoms with E-state index >= 15 is 0 Å². The Morgan fingerprint density at radius 1 is 0.897 bits per heavy atom. The molecule has 2 amide bonds. The van der Waals surface area contributed by atoms with Gasteiger partial charge in [-0.1, -0.05) is 36.4 Å². The molecule has 0 aliphatic carbocycles. The maximum Gasteiger partial charge on any atom is 0.410 e. The molecule has 3 N–H and O–H groups in total. The second-order valence-electron chi connectivity index (χ2n) is 8.43. The summed E-state index contributed by atoms with van der Waals surface area (Å²) in [5.41, 5.74) is 8.66. The van der Waals surface area contributed by atoms with Crippen molar-refractivity contribution in [2.24, 2.45) is 5.73 Å². The van der Waals surface area contributed by atoms with Crippen LogP contribution in [0.3, 0.4) is 0 Å². The zero-order valence-corrected chi connectivity index (χ0v) is 24.0. The standard InChI is InChI=1S/C28H28BrCl2N3O5/c29-24-4-2-1-3-23(24)27(36)39-22-11-7-19(8-12-22)17-25(32)26(35)33-21-9-5-20(6-10-21)18-38-28(37)34(15-13-30)16-14-31/h1-12,25H,13-18,32H2,(H,33,35)/t25-/m0/s1. The molecule has 1 atom stereocenters. The first-order valence-corrected chi connectivity index (χ1v) is 13.9. The Hall–Kier alpha value is -3.11. The number of amides is 2. The van der Waals surface area contributed by atoms with Crippen molar-refractivity contribution >= 4 is 62.8 Å². The minimum atomic E-state index is -0.797. The normalized spacial score (nSPS) is 11.4. The van der Waals surface area contributed by atoms with Gasteiger partial charge in [0.25, 0.3) is 0 Å². The first-order valence-electron chi connectivity index (χ1n) is 12.1. The van der Waals surface area contributed by atoms with Gasteiger partial charge in [0.2, 0.25) is 5.91 Å². The molecular weight excluding hydrogens is 609 g/mol. The zero-order chi connectivity index (χ0) is 28.2. The van der Waals surface area contributed by atoms with Crippen molar-refractivity contribution in [2.75, 3.05) is 30.2 Å². The van der Waals surface area contributed by atoms with Gasteiger partial charge in [-0.15, -0.1) is 23.2 Å². The maximum atomic E-state index is 12.6. The molecule has 39 heavy (non-hydrogen) atoms. The number of halogens is 3. The van der Waals surface area contributed by atoms with Gasteiger partial charge in [-0.2, -0.15) is 0 Å². The van der Waals surface area contributed by atoms with Crippen LogP contribution < -0.4 is 15.8 Å². The topological polar surface area (TPSA) is 111 Å². The molecule has 0 heterocycles. The highest BCUT2D eigenvalue weighted by atomic mass is 79.9. The fourth-order valence-corrected chi connectivity index (χ4v) is 4.34. The minimum absolute atomic E-state index is 0.0710. The predicted octanol–water partition coefficient (Wildman–Crippen LogP) is 5.59. The number of nitrogens with zero attached hydrogens (tertiary/aromatic N) is 1. The first-order chi connectivity index (χ1) is 18.8. The summed E-state index contributed by atoms with van der Waals surface area (Å²) >= 11 is 14.8. The van der Waals surface area contributed by atoms with Crippen LogP contribution in [0.2, 0.25) is 0 Å². The Morgan fingerprint density at radius 3 is 2.13 bits per heavy atom. The van der Waals surface area contributed by atoms with Crippen LogP contribution in [-0.4, -0.2) is 53.8 Å². The lowest BCUT2D eigenvalue weighted by molar-refractivity contribution is -0.117.